The number of ether oxygens (including phenoxy) is 3. The van der Waals surface area contributed by atoms with Crippen molar-refractivity contribution in [3.05, 3.63) is 80.3 Å². The fraction of sp³-hybridized carbons (Fsp3) is 0.564. The van der Waals surface area contributed by atoms with Crippen LogP contribution in [-0.2, 0) is 33.0 Å². The fourth-order valence-corrected chi connectivity index (χ4v) is 9.27. The summed E-state index contributed by atoms with van der Waals surface area (Å²) in [5.41, 5.74) is -2.40. The van der Waals surface area contributed by atoms with Crippen LogP contribution in [0, 0.1) is 5.92 Å². The molecule has 2 amide bonds. The highest BCUT2D eigenvalue weighted by Crippen LogP contribution is 2.44. The Morgan fingerprint density at radius 1 is 0.964 bits per heavy atom. The summed E-state index contributed by atoms with van der Waals surface area (Å²) in [5, 5.41) is 1.68. The first-order valence-corrected chi connectivity index (χ1v) is 19.9. The zero-order valence-corrected chi connectivity index (χ0v) is 32.7. The smallest absolute Gasteiger partial charge is 0.425 e. The van der Waals surface area contributed by atoms with Gasteiger partial charge in [-0.25, -0.2) is 0 Å². The van der Waals surface area contributed by atoms with Gasteiger partial charge in [0.2, 0.25) is 5.60 Å². The molecule has 2 fully saturated rings. The molecule has 5 heterocycles. The number of alkyl halides is 6. The second-order valence-electron chi connectivity index (χ2n) is 14.6. The van der Waals surface area contributed by atoms with E-state index in [0.717, 1.165) is 54.8 Å². The molecule has 2 aromatic heterocycles. The number of carbonyl (C=O) groups excluding carboxylic acids is 2. The van der Waals surface area contributed by atoms with Crippen molar-refractivity contribution in [3.8, 4) is 5.75 Å². The first-order chi connectivity index (χ1) is 26.7. The number of thiophene rings is 1. The topological polar surface area (TPSA) is 84.4 Å². The first kappa shape index (κ1) is 42.2. The quantitative estimate of drug-likeness (QED) is 0.171. The van der Waals surface area contributed by atoms with Crippen molar-refractivity contribution in [1.82, 2.24) is 19.7 Å². The van der Waals surface area contributed by atoms with Crippen molar-refractivity contribution >= 4 is 34.8 Å². The van der Waals surface area contributed by atoms with Crippen LogP contribution in [0.2, 0.25) is 5.02 Å². The molecule has 0 N–H and O–H groups in total. The molecule has 0 spiro atoms. The maximum absolute atomic E-state index is 15.5. The van der Waals surface area contributed by atoms with Gasteiger partial charge in [0.25, 0.3) is 11.8 Å². The number of likely N-dealkylation sites (tertiary alicyclic amines) is 2. The van der Waals surface area contributed by atoms with Crippen molar-refractivity contribution in [1.29, 1.82) is 0 Å². The summed E-state index contributed by atoms with van der Waals surface area (Å²) in [5.74, 6) is -1.42. The molecule has 3 aliphatic heterocycles. The lowest BCUT2D eigenvalue weighted by Crippen LogP contribution is -2.69. The lowest BCUT2D eigenvalue weighted by atomic mass is 9.79. The number of carbonyl (C=O) groups is 2. The number of hydrogen-bond acceptors (Lipinski definition) is 8. The summed E-state index contributed by atoms with van der Waals surface area (Å²) >= 11 is 6.72. The van der Waals surface area contributed by atoms with E-state index in [2.05, 4.69) is 9.88 Å². The third kappa shape index (κ3) is 9.14. The number of halogens is 7. The number of nitrogens with zero attached hydrogens (tertiary/aromatic N) is 4. The Hall–Kier alpha value is -3.44. The van der Waals surface area contributed by atoms with Crippen LogP contribution in [0.4, 0.5) is 26.3 Å². The lowest BCUT2D eigenvalue weighted by molar-refractivity contribution is -0.164. The van der Waals surface area contributed by atoms with Gasteiger partial charge in [-0.15, -0.1) is 11.3 Å². The standard InChI is InChI=1S/C39H45ClF6N4O5S/c1-53-20-12-25-8-16-48(17-9-25)18-11-32-37(55-28-22-33(56-24-28)39(44,45)46,13-4-15-50(32)35(51)34-30(38(41,42)43)5-3-14-47-34)36(52)49-19-10-26-21-27(40)6-7-29(26)31(49)23-54-2/h3,5-7,14,21-22,24-25,31-32H,4,8-13,15-20,23H2,1-2H3/t31?,32-,37+/m1/s1. The molecule has 1 unspecified atom stereocenters. The van der Waals surface area contributed by atoms with E-state index >= 15 is 4.79 Å². The molecule has 1 aromatic carbocycles. The molecule has 9 nitrogen and oxygen atoms in total. The van der Waals surface area contributed by atoms with Crippen molar-refractivity contribution in [2.24, 2.45) is 5.92 Å². The van der Waals surface area contributed by atoms with Crippen LogP contribution in [0.25, 0.3) is 0 Å². The fourth-order valence-electron chi connectivity index (χ4n) is 8.39. The van der Waals surface area contributed by atoms with Crippen LogP contribution >= 0.6 is 22.9 Å². The van der Waals surface area contributed by atoms with Gasteiger partial charge >= 0.3 is 12.4 Å². The Bertz CT molecular complexity index is 1840. The SMILES string of the molecule is COCCC1CCN(CC[C@H]2N(C(=O)c3ncccc3C(F)(F)F)CCC[C@@]2(Oc2csc(C(F)(F)F)c2)C(=O)N2CCc3cc(Cl)ccc3C2COC)CC1. The second kappa shape index (κ2) is 17.6. The van der Waals surface area contributed by atoms with Gasteiger partial charge in [-0.05, 0) is 92.9 Å². The minimum Gasteiger partial charge on any atom is -0.474 e. The summed E-state index contributed by atoms with van der Waals surface area (Å²) in [7, 11) is 3.14. The summed E-state index contributed by atoms with van der Waals surface area (Å²) in [6.45, 7) is 2.58. The van der Waals surface area contributed by atoms with Gasteiger partial charge in [0, 0.05) is 69.5 Å². The van der Waals surface area contributed by atoms with Crippen molar-refractivity contribution in [2.75, 3.05) is 60.2 Å². The van der Waals surface area contributed by atoms with E-state index in [0.29, 0.717) is 54.9 Å². The van der Waals surface area contributed by atoms with Crippen molar-refractivity contribution in [3.63, 3.8) is 0 Å². The number of fused-ring (bicyclic) bond motifs is 1. The Morgan fingerprint density at radius 2 is 1.73 bits per heavy atom. The molecule has 17 heteroatoms. The summed E-state index contributed by atoms with van der Waals surface area (Å²) in [6.07, 6.45) is -5.28. The molecule has 2 saturated heterocycles. The molecule has 0 bridgehead atoms. The normalized spacial score (nSPS) is 22.6. The van der Waals surface area contributed by atoms with Gasteiger partial charge in [0.05, 0.1) is 24.3 Å². The number of benzene rings is 1. The summed E-state index contributed by atoms with van der Waals surface area (Å²) in [6, 6.07) is 6.13. The van der Waals surface area contributed by atoms with E-state index < -0.39 is 58.0 Å². The molecule has 0 radical (unpaired) electrons. The van der Waals surface area contributed by atoms with E-state index in [4.69, 9.17) is 25.8 Å². The average Bonchev–Trinajstić information content (AvgIpc) is 3.65. The molecular formula is C39H45ClF6N4O5S. The number of hydrogen-bond donors (Lipinski definition) is 0. The number of methoxy groups -OCH3 is 2. The van der Waals surface area contributed by atoms with E-state index in [1.54, 1.807) is 24.1 Å². The molecule has 3 aromatic rings. The Balaban J connectivity index is 1.45. The predicted molar refractivity (Wildman–Crippen MR) is 198 cm³/mol. The Kier molecular flexibility index (Phi) is 13.2. The number of rotatable bonds is 12. The first-order valence-electron chi connectivity index (χ1n) is 18.6. The highest BCUT2D eigenvalue weighted by atomic mass is 35.5. The highest BCUT2D eigenvalue weighted by molar-refractivity contribution is 7.10. The number of pyridine rings is 1. The molecule has 306 valence electrons. The second-order valence-corrected chi connectivity index (χ2v) is 15.9. The molecule has 0 saturated carbocycles. The van der Waals surface area contributed by atoms with Crippen LogP contribution in [0.5, 0.6) is 5.75 Å². The van der Waals surface area contributed by atoms with E-state index in [9.17, 15) is 31.1 Å². The van der Waals surface area contributed by atoms with Gasteiger partial charge in [0.1, 0.15) is 16.3 Å². The van der Waals surface area contributed by atoms with Gasteiger partial charge in [-0.2, -0.15) is 26.3 Å². The summed E-state index contributed by atoms with van der Waals surface area (Å²) in [4.78, 5) is 37.9. The Morgan fingerprint density at radius 3 is 2.41 bits per heavy atom. The molecular weight excluding hydrogens is 786 g/mol. The number of aromatic nitrogens is 1. The van der Waals surface area contributed by atoms with Gasteiger partial charge < -0.3 is 28.9 Å². The predicted octanol–water partition coefficient (Wildman–Crippen LogP) is 8.17. The highest BCUT2D eigenvalue weighted by Gasteiger charge is 2.57. The average molecular weight is 831 g/mol. The van der Waals surface area contributed by atoms with E-state index in [1.807, 2.05) is 6.07 Å². The monoisotopic (exact) mass is 830 g/mol. The third-order valence-corrected chi connectivity index (χ3v) is 12.3. The zero-order chi connectivity index (χ0) is 40.3. The van der Waals surface area contributed by atoms with Crippen LogP contribution < -0.4 is 4.74 Å². The molecule has 3 aliphatic rings. The van der Waals surface area contributed by atoms with Crippen molar-refractivity contribution < 1.29 is 50.1 Å². The third-order valence-electron chi connectivity index (χ3n) is 11.2. The van der Waals surface area contributed by atoms with Crippen LogP contribution in [-0.4, -0.2) is 103 Å². The summed E-state index contributed by atoms with van der Waals surface area (Å²) < 4.78 is 102. The molecule has 3 atom stereocenters. The van der Waals surface area contributed by atoms with Crippen LogP contribution in [0.3, 0.4) is 0 Å². The van der Waals surface area contributed by atoms with E-state index in [-0.39, 0.29) is 44.7 Å². The lowest BCUT2D eigenvalue weighted by Gasteiger charge is -2.51. The number of piperidine rings is 2. The molecule has 0 aliphatic carbocycles. The maximum atomic E-state index is 15.5. The van der Waals surface area contributed by atoms with Gasteiger partial charge in [-0.1, -0.05) is 17.7 Å². The van der Waals surface area contributed by atoms with Crippen LogP contribution in [0.15, 0.2) is 48.0 Å². The van der Waals surface area contributed by atoms with Crippen molar-refractivity contribution in [2.45, 2.75) is 75.0 Å². The number of amides is 2. The van der Waals surface area contributed by atoms with Gasteiger partial charge in [-0.3, -0.25) is 14.6 Å². The maximum Gasteiger partial charge on any atom is 0.425 e. The van der Waals surface area contributed by atoms with Crippen LogP contribution in [0.1, 0.15) is 76.6 Å². The molecule has 6 rings (SSSR count). The minimum absolute atomic E-state index is 0.0193. The zero-order valence-electron chi connectivity index (χ0n) is 31.1. The molecule has 56 heavy (non-hydrogen) atoms. The largest absolute Gasteiger partial charge is 0.474 e. The minimum atomic E-state index is -4.91. The van der Waals surface area contributed by atoms with Gasteiger partial charge in [0.15, 0.2) is 0 Å². The van der Waals surface area contributed by atoms with E-state index in [1.165, 1.54) is 17.4 Å². The Labute approximate surface area is 330 Å².